The Bertz CT molecular complexity index is 587. The van der Waals surface area contributed by atoms with Gasteiger partial charge in [0.05, 0.1) is 12.5 Å². The number of hydrogen-bond donors (Lipinski definition) is 3. The Hall–Kier alpha value is -2.17. The largest absolute Gasteiger partial charge is 0.387 e. The van der Waals surface area contributed by atoms with Crippen molar-refractivity contribution < 1.29 is 9.90 Å². The minimum atomic E-state index is -0.543. The molecule has 2 rings (SSSR count). The normalized spacial score (nSPS) is 13.3. The first-order valence-electron chi connectivity index (χ1n) is 7.92. The summed E-state index contributed by atoms with van der Waals surface area (Å²) < 4.78 is 0. The van der Waals surface area contributed by atoms with Gasteiger partial charge in [0.25, 0.3) is 0 Å². The maximum absolute atomic E-state index is 11.9. The number of aliphatic hydroxyl groups is 1. The Morgan fingerprint density at radius 2 is 1.61 bits per heavy atom. The van der Waals surface area contributed by atoms with Gasteiger partial charge in [0.2, 0.25) is 5.91 Å². The van der Waals surface area contributed by atoms with Gasteiger partial charge in [-0.3, -0.25) is 4.79 Å². The van der Waals surface area contributed by atoms with Crippen LogP contribution < -0.4 is 10.6 Å². The standard InChI is InChI=1S/C19H24N2O2/c1-15(20-14-18(22)17-10-6-3-7-11-17)13-21-19(23)12-16-8-4-2-5-9-16/h2-11,15,18,20,22H,12-14H2,1H3,(H,21,23). The van der Waals surface area contributed by atoms with E-state index >= 15 is 0 Å². The second-order valence-corrected chi connectivity index (χ2v) is 5.70. The molecule has 23 heavy (non-hydrogen) atoms. The van der Waals surface area contributed by atoms with Crippen LogP contribution in [0.5, 0.6) is 0 Å². The zero-order chi connectivity index (χ0) is 16.5. The Morgan fingerprint density at radius 3 is 2.26 bits per heavy atom. The number of amides is 1. The lowest BCUT2D eigenvalue weighted by Gasteiger charge is -2.18. The molecule has 0 heterocycles. The molecule has 122 valence electrons. The van der Waals surface area contributed by atoms with Gasteiger partial charge in [-0.15, -0.1) is 0 Å². The molecule has 0 aliphatic rings. The lowest BCUT2D eigenvalue weighted by molar-refractivity contribution is -0.120. The zero-order valence-electron chi connectivity index (χ0n) is 13.4. The maximum atomic E-state index is 11.9. The lowest BCUT2D eigenvalue weighted by atomic mass is 10.1. The number of hydrogen-bond acceptors (Lipinski definition) is 3. The number of carbonyl (C=O) groups is 1. The number of rotatable bonds is 8. The Labute approximate surface area is 137 Å². The summed E-state index contributed by atoms with van der Waals surface area (Å²) in [5.74, 6) is 0.00783. The van der Waals surface area contributed by atoms with Crippen LogP contribution in [0.15, 0.2) is 60.7 Å². The third kappa shape index (κ3) is 6.22. The number of carbonyl (C=O) groups excluding carboxylic acids is 1. The van der Waals surface area contributed by atoms with Crippen molar-refractivity contribution in [1.82, 2.24) is 10.6 Å². The zero-order valence-corrected chi connectivity index (χ0v) is 13.4. The highest BCUT2D eigenvalue weighted by Gasteiger charge is 2.10. The molecule has 4 nitrogen and oxygen atoms in total. The lowest BCUT2D eigenvalue weighted by Crippen LogP contribution is -2.41. The fourth-order valence-electron chi connectivity index (χ4n) is 2.29. The topological polar surface area (TPSA) is 61.4 Å². The molecular weight excluding hydrogens is 288 g/mol. The molecule has 0 bridgehead atoms. The summed E-state index contributed by atoms with van der Waals surface area (Å²) in [4.78, 5) is 11.9. The van der Waals surface area contributed by atoms with E-state index in [1.54, 1.807) is 0 Å². The molecule has 2 aromatic carbocycles. The van der Waals surface area contributed by atoms with Gasteiger partial charge in [0.1, 0.15) is 0 Å². The molecule has 4 heteroatoms. The van der Waals surface area contributed by atoms with Crippen molar-refractivity contribution in [2.45, 2.75) is 25.5 Å². The molecule has 0 aliphatic carbocycles. The average Bonchev–Trinajstić information content (AvgIpc) is 2.59. The average molecular weight is 312 g/mol. The van der Waals surface area contributed by atoms with Gasteiger partial charge >= 0.3 is 0 Å². The Morgan fingerprint density at radius 1 is 1.00 bits per heavy atom. The van der Waals surface area contributed by atoms with Crippen molar-refractivity contribution in [3.05, 3.63) is 71.8 Å². The minimum Gasteiger partial charge on any atom is -0.387 e. The molecule has 0 aromatic heterocycles. The van der Waals surface area contributed by atoms with Gasteiger partial charge in [-0.2, -0.15) is 0 Å². The third-order valence-corrected chi connectivity index (χ3v) is 3.66. The number of aliphatic hydroxyl groups excluding tert-OH is 1. The van der Waals surface area contributed by atoms with E-state index < -0.39 is 6.10 Å². The first-order valence-corrected chi connectivity index (χ1v) is 7.92. The highest BCUT2D eigenvalue weighted by Crippen LogP contribution is 2.10. The number of nitrogens with one attached hydrogen (secondary N) is 2. The van der Waals surface area contributed by atoms with Crippen LogP contribution in [0.2, 0.25) is 0 Å². The molecule has 0 saturated carbocycles. The van der Waals surface area contributed by atoms with Gasteiger partial charge in [-0.1, -0.05) is 60.7 Å². The molecule has 0 aliphatic heterocycles. The molecule has 1 amide bonds. The van der Waals surface area contributed by atoms with E-state index in [1.807, 2.05) is 67.6 Å². The van der Waals surface area contributed by atoms with Crippen LogP contribution in [-0.2, 0) is 11.2 Å². The van der Waals surface area contributed by atoms with E-state index in [4.69, 9.17) is 0 Å². The van der Waals surface area contributed by atoms with E-state index in [2.05, 4.69) is 10.6 Å². The van der Waals surface area contributed by atoms with E-state index in [0.29, 0.717) is 19.5 Å². The molecule has 3 N–H and O–H groups in total. The quantitative estimate of drug-likeness (QED) is 0.699. The predicted octanol–water partition coefficient (Wildman–Crippen LogP) is 2.06. The monoisotopic (exact) mass is 312 g/mol. The summed E-state index contributed by atoms with van der Waals surface area (Å²) in [5, 5.41) is 16.2. The Balaban J connectivity index is 1.67. The van der Waals surface area contributed by atoms with Crippen molar-refractivity contribution in [2.75, 3.05) is 13.1 Å². The first-order chi connectivity index (χ1) is 11.1. The molecule has 2 unspecified atom stereocenters. The maximum Gasteiger partial charge on any atom is 0.224 e. The van der Waals surface area contributed by atoms with Crippen molar-refractivity contribution in [1.29, 1.82) is 0 Å². The van der Waals surface area contributed by atoms with Gasteiger partial charge in [-0.25, -0.2) is 0 Å². The number of benzene rings is 2. The molecule has 2 aromatic rings. The molecule has 2 atom stereocenters. The van der Waals surface area contributed by atoms with Gasteiger partial charge < -0.3 is 15.7 Å². The smallest absolute Gasteiger partial charge is 0.224 e. The van der Waals surface area contributed by atoms with Crippen LogP contribution in [0.4, 0.5) is 0 Å². The van der Waals surface area contributed by atoms with Crippen molar-refractivity contribution in [2.24, 2.45) is 0 Å². The summed E-state index contributed by atoms with van der Waals surface area (Å²) in [7, 11) is 0. The van der Waals surface area contributed by atoms with Crippen molar-refractivity contribution in [3.63, 3.8) is 0 Å². The summed E-state index contributed by atoms with van der Waals surface area (Å²) in [5.41, 5.74) is 1.89. The van der Waals surface area contributed by atoms with Crippen molar-refractivity contribution in [3.8, 4) is 0 Å². The summed E-state index contributed by atoms with van der Waals surface area (Å²) >= 11 is 0. The van der Waals surface area contributed by atoms with E-state index in [1.165, 1.54) is 0 Å². The van der Waals surface area contributed by atoms with Crippen LogP contribution in [-0.4, -0.2) is 30.1 Å². The second kappa shape index (κ2) is 9.08. The highest BCUT2D eigenvalue weighted by atomic mass is 16.3. The molecular formula is C19H24N2O2. The van der Waals surface area contributed by atoms with E-state index in [-0.39, 0.29) is 11.9 Å². The van der Waals surface area contributed by atoms with Gasteiger partial charge in [0, 0.05) is 19.1 Å². The van der Waals surface area contributed by atoms with Crippen LogP contribution in [0.3, 0.4) is 0 Å². The second-order valence-electron chi connectivity index (χ2n) is 5.70. The van der Waals surface area contributed by atoms with Gasteiger partial charge in [0.15, 0.2) is 0 Å². The van der Waals surface area contributed by atoms with Crippen molar-refractivity contribution >= 4 is 5.91 Å². The van der Waals surface area contributed by atoms with E-state index in [0.717, 1.165) is 11.1 Å². The molecule has 0 radical (unpaired) electrons. The SMILES string of the molecule is CC(CNC(=O)Cc1ccccc1)NCC(O)c1ccccc1. The fourth-order valence-corrected chi connectivity index (χ4v) is 2.29. The minimum absolute atomic E-state index is 0.00783. The van der Waals surface area contributed by atoms with Crippen LogP contribution >= 0.6 is 0 Å². The molecule has 0 spiro atoms. The summed E-state index contributed by atoms with van der Waals surface area (Å²) in [6.45, 7) is 2.98. The summed E-state index contributed by atoms with van der Waals surface area (Å²) in [6.07, 6.45) is -0.154. The molecule has 0 saturated heterocycles. The van der Waals surface area contributed by atoms with Crippen LogP contribution in [0.1, 0.15) is 24.2 Å². The first kappa shape index (κ1) is 17.2. The third-order valence-electron chi connectivity index (χ3n) is 3.66. The fraction of sp³-hybridized carbons (Fsp3) is 0.316. The summed E-state index contributed by atoms with van der Waals surface area (Å²) in [6, 6.07) is 19.3. The Kier molecular flexibility index (Phi) is 6.78. The van der Waals surface area contributed by atoms with Gasteiger partial charge in [-0.05, 0) is 18.1 Å². The highest BCUT2D eigenvalue weighted by molar-refractivity contribution is 5.78. The predicted molar refractivity (Wildman–Crippen MR) is 92.0 cm³/mol. The van der Waals surface area contributed by atoms with Crippen LogP contribution in [0.25, 0.3) is 0 Å². The van der Waals surface area contributed by atoms with Crippen LogP contribution in [0, 0.1) is 0 Å². The molecule has 0 fully saturated rings. The van der Waals surface area contributed by atoms with E-state index in [9.17, 15) is 9.90 Å².